The summed E-state index contributed by atoms with van der Waals surface area (Å²) in [6, 6.07) is 0.337. The minimum absolute atomic E-state index is 0.0665. The largest absolute Gasteiger partial charge is 0.353 e. The van der Waals surface area contributed by atoms with E-state index in [1.165, 1.54) is 6.42 Å². The van der Waals surface area contributed by atoms with Gasteiger partial charge in [-0.3, -0.25) is 9.59 Å². The molecule has 0 radical (unpaired) electrons. The molecule has 1 saturated carbocycles. The number of hydrogen-bond donors (Lipinski definition) is 1. The summed E-state index contributed by atoms with van der Waals surface area (Å²) in [5.74, 6) is 0.739. The van der Waals surface area contributed by atoms with E-state index in [-0.39, 0.29) is 17.7 Å². The van der Waals surface area contributed by atoms with Crippen molar-refractivity contribution in [3.8, 4) is 0 Å². The molecule has 3 atom stereocenters. The van der Waals surface area contributed by atoms with E-state index in [4.69, 9.17) is 0 Å². The standard InChI is InChI=1S/C12H20N2O2/c1-8-3-4-10(5-8)13-12(16)9-6-11(15)14(2)7-9/h8-10H,3-7H2,1-2H3,(H,13,16). The highest BCUT2D eigenvalue weighted by molar-refractivity contribution is 5.89. The molecule has 0 bridgehead atoms. The Labute approximate surface area is 96.4 Å². The minimum Gasteiger partial charge on any atom is -0.353 e. The van der Waals surface area contributed by atoms with E-state index in [1.807, 2.05) is 0 Å². The average Bonchev–Trinajstić information content (AvgIpc) is 2.75. The van der Waals surface area contributed by atoms with Crippen molar-refractivity contribution < 1.29 is 9.59 Å². The first-order chi connectivity index (χ1) is 7.56. The van der Waals surface area contributed by atoms with Gasteiger partial charge in [-0.2, -0.15) is 0 Å². The molecule has 0 spiro atoms. The number of rotatable bonds is 2. The molecule has 2 amide bonds. The van der Waals surface area contributed by atoms with Crippen LogP contribution < -0.4 is 5.32 Å². The van der Waals surface area contributed by atoms with Crippen LogP contribution in [0, 0.1) is 11.8 Å². The molecule has 1 aliphatic heterocycles. The molecule has 1 heterocycles. The highest BCUT2D eigenvalue weighted by Crippen LogP contribution is 2.25. The van der Waals surface area contributed by atoms with Gasteiger partial charge in [0.05, 0.1) is 5.92 Å². The molecule has 2 rings (SSSR count). The Kier molecular flexibility index (Phi) is 3.17. The molecule has 0 aromatic carbocycles. The van der Waals surface area contributed by atoms with Crippen LogP contribution in [0.3, 0.4) is 0 Å². The summed E-state index contributed by atoms with van der Waals surface area (Å²) in [6.45, 7) is 2.80. The van der Waals surface area contributed by atoms with Crippen LogP contribution in [0.5, 0.6) is 0 Å². The maximum Gasteiger partial charge on any atom is 0.225 e. The van der Waals surface area contributed by atoms with Gasteiger partial charge in [0.25, 0.3) is 0 Å². The lowest BCUT2D eigenvalue weighted by atomic mass is 10.1. The molecule has 1 saturated heterocycles. The quantitative estimate of drug-likeness (QED) is 0.753. The monoisotopic (exact) mass is 224 g/mol. The fourth-order valence-corrected chi connectivity index (χ4v) is 2.70. The summed E-state index contributed by atoms with van der Waals surface area (Å²) in [4.78, 5) is 24.9. The summed E-state index contributed by atoms with van der Waals surface area (Å²) < 4.78 is 0. The van der Waals surface area contributed by atoms with E-state index in [0.29, 0.717) is 19.0 Å². The fraction of sp³-hybridized carbons (Fsp3) is 0.833. The van der Waals surface area contributed by atoms with E-state index in [0.717, 1.165) is 18.8 Å². The summed E-state index contributed by atoms with van der Waals surface area (Å²) in [5, 5.41) is 3.07. The van der Waals surface area contributed by atoms with E-state index in [2.05, 4.69) is 12.2 Å². The highest BCUT2D eigenvalue weighted by atomic mass is 16.2. The molecule has 1 N–H and O–H groups in total. The van der Waals surface area contributed by atoms with Crippen LogP contribution in [-0.4, -0.2) is 36.3 Å². The predicted molar refractivity (Wildman–Crippen MR) is 60.7 cm³/mol. The van der Waals surface area contributed by atoms with Crippen LogP contribution >= 0.6 is 0 Å². The molecule has 0 aromatic rings. The molecular formula is C12H20N2O2. The van der Waals surface area contributed by atoms with Gasteiger partial charge < -0.3 is 10.2 Å². The number of nitrogens with one attached hydrogen (secondary N) is 1. The van der Waals surface area contributed by atoms with Gasteiger partial charge >= 0.3 is 0 Å². The normalized spacial score (nSPS) is 34.5. The van der Waals surface area contributed by atoms with Crippen molar-refractivity contribution in [2.45, 2.75) is 38.6 Å². The van der Waals surface area contributed by atoms with Crippen molar-refractivity contribution >= 4 is 11.8 Å². The zero-order valence-electron chi connectivity index (χ0n) is 10.0. The topological polar surface area (TPSA) is 49.4 Å². The second-order valence-corrected chi connectivity index (χ2v) is 5.30. The molecule has 2 aliphatic rings. The van der Waals surface area contributed by atoms with E-state index >= 15 is 0 Å². The Morgan fingerprint density at radius 2 is 2.19 bits per heavy atom. The summed E-state index contributed by atoms with van der Waals surface area (Å²) in [7, 11) is 1.76. The maximum atomic E-state index is 11.9. The number of likely N-dealkylation sites (tertiary alicyclic amines) is 1. The predicted octanol–water partition coefficient (Wildman–Crippen LogP) is 0.770. The number of hydrogen-bond acceptors (Lipinski definition) is 2. The van der Waals surface area contributed by atoms with E-state index in [1.54, 1.807) is 11.9 Å². The average molecular weight is 224 g/mol. The third-order valence-electron chi connectivity index (χ3n) is 3.75. The van der Waals surface area contributed by atoms with Crippen LogP contribution in [0.25, 0.3) is 0 Å². The Balaban J connectivity index is 1.82. The molecule has 1 aliphatic carbocycles. The minimum atomic E-state index is -0.131. The Morgan fingerprint density at radius 1 is 1.44 bits per heavy atom. The van der Waals surface area contributed by atoms with Crippen molar-refractivity contribution in [2.24, 2.45) is 11.8 Å². The number of carbonyl (C=O) groups is 2. The molecule has 4 nitrogen and oxygen atoms in total. The SMILES string of the molecule is CC1CCC(NC(=O)C2CC(=O)N(C)C2)C1. The van der Waals surface area contributed by atoms with Gasteiger partial charge in [0.2, 0.25) is 11.8 Å². The van der Waals surface area contributed by atoms with Crippen molar-refractivity contribution in [3.05, 3.63) is 0 Å². The van der Waals surface area contributed by atoms with Gasteiger partial charge in [0, 0.05) is 26.1 Å². The van der Waals surface area contributed by atoms with Gasteiger partial charge in [0.15, 0.2) is 0 Å². The lowest BCUT2D eigenvalue weighted by Crippen LogP contribution is -2.38. The lowest BCUT2D eigenvalue weighted by Gasteiger charge is -2.15. The lowest BCUT2D eigenvalue weighted by molar-refractivity contribution is -0.128. The third-order valence-corrected chi connectivity index (χ3v) is 3.75. The van der Waals surface area contributed by atoms with Crippen molar-refractivity contribution in [1.29, 1.82) is 0 Å². The summed E-state index contributed by atoms with van der Waals surface area (Å²) >= 11 is 0. The van der Waals surface area contributed by atoms with Gasteiger partial charge in [-0.25, -0.2) is 0 Å². The van der Waals surface area contributed by atoms with E-state index < -0.39 is 0 Å². The Hall–Kier alpha value is -1.06. The highest BCUT2D eigenvalue weighted by Gasteiger charge is 2.33. The van der Waals surface area contributed by atoms with Crippen LogP contribution in [-0.2, 0) is 9.59 Å². The second kappa shape index (κ2) is 4.44. The summed E-state index contributed by atoms with van der Waals surface area (Å²) in [6.07, 6.45) is 3.75. The second-order valence-electron chi connectivity index (χ2n) is 5.30. The van der Waals surface area contributed by atoms with Crippen LogP contribution in [0.15, 0.2) is 0 Å². The molecule has 16 heavy (non-hydrogen) atoms. The van der Waals surface area contributed by atoms with Gasteiger partial charge in [0.1, 0.15) is 0 Å². The maximum absolute atomic E-state index is 11.9. The Bertz CT molecular complexity index is 303. The van der Waals surface area contributed by atoms with Crippen molar-refractivity contribution in [1.82, 2.24) is 10.2 Å². The zero-order valence-corrected chi connectivity index (χ0v) is 10.0. The zero-order chi connectivity index (χ0) is 11.7. The number of amides is 2. The van der Waals surface area contributed by atoms with Gasteiger partial charge in [-0.15, -0.1) is 0 Å². The molecule has 90 valence electrons. The molecule has 2 fully saturated rings. The summed E-state index contributed by atoms with van der Waals surface area (Å²) in [5.41, 5.74) is 0. The third kappa shape index (κ3) is 2.36. The van der Waals surface area contributed by atoms with Crippen LogP contribution in [0.2, 0.25) is 0 Å². The van der Waals surface area contributed by atoms with Gasteiger partial charge in [-0.05, 0) is 25.2 Å². The molecule has 3 unspecified atom stereocenters. The first-order valence-electron chi connectivity index (χ1n) is 6.10. The van der Waals surface area contributed by atoms with Crippen molar-refractivity contribution in [3.63, 3.8) is 0 Å². The molecular weight excluding hydrogens is 204 g/mol. The number of carbonyl (C=O) groups excluding carboxylic acids is 2. The van der Waals surface area contributed by atoms with Crippen LogP contribution in [0.4, 0.5) is 0 Å². The van der Waals surface area contributed by atoms with E-state index in [9.17, 15) is 9.59 Å². The smallest absolute Gasteiger partial charge is 0.225 e. The van der Waals surface area contributed by atoms with Crippen LogP contribution in [0.1, 0.15) is 32.6 Å². The fourth-order valence-electron chi connectivity index (χ4n) is 2.70. The van der Waals surface area contributed by atoms with Gasteiger partial charge in [-0.1, -0.05) is 6.92 Å². The first kappa shape index (κ1) is 11.4. The molecule has 0 aromatic heterocycles. The Morgan fingerprint density at radius 3 is 2.69 bits per heavy atom. The first-order valence-corrected chi connectivity index (χ1v) is 6.10. The molecule has 4 heteroatoms. The number of nitrogens with zero attached hydrogens (tertiary/aromatic N) is 1. The van der Waals surface area contributed by atoms with Crippen molar-refractivity contribution in [2.75, 3.05) is 13.6 Å².